The van der Waals surface area contributed by atoms with Crippen LogP contribution in [0.4, 0.5) is 13.2 Å². The number of hydrogen-bond donors (Lipinski definition) is 2. The van der Waals surface area contributed by atoms with E-state index in [4.69, 9.17) is 4.74 Å². The second kappa shape index (κ2) is 7.31. The minimum Gasteiger partial charge on any atom is -0.507 e. The zero-order valence-corrected chi connectivity index (χ0v) is 16.5. The third-order valence-corrected chi connectivity index (χ3v) is 5.65. The first-order valence-corrected chi connectivity index (χ1v) is 9.73. The molecule has 4 atom stereocenters. The standard InChI is InChI=1S/C21H22F3N3O3/c1-11-9-20(29,10-12(2)30-11)19-18-15(4-3-7-25-18)17(26-27-19)14-6-5-13(8-16(14)28)21(22,23)24/h3-8,11-12,15,18,28-29H,9-10H2,1-2H3. The molecule has 0 aromatic heterocycles. The van der Waals surface area contributed by atoms with Crippen LogP contribution in [0.3, 0.4) is 0 Å². The maximum Gasteiger partial charge on any atom is 0.416 e. The molecule has 3 aliphatic rings. The lowest BCUT2D eigenvalue weighted by Gasteiger charge is -2.43. The van der Waals surface area contributed by atoms with Crippen molar-refractivity contribution in [1.82, 2.24) is 0 Å². The Morgan fingerprint density at radius 3 is 2.47 bits per heavy atom. The van der Waals surface area contributed by atoms with E-state index in [9.17, 15) is 23.4 Å². The zero-order valence-electron chi connectivity index (χ0n) is 16.5. The van der Waals surface area contributed by atoms with E-state index in [0.29, 0.717) is 30.3 Å². The molecule has 0 radical (unpaired) electrons. The normalized spacial score (nSPS) is 33.7. The fourth-order valence-electron chi connectivity index (χ4n) is 4.49. The van der Waals surface area contributed by atoms with Crippen LogP contribution < -0.4 is 0 Å². The van der Waals surface area contributed by atoms with E-state index in [2.05, 4.69) is 15.2 Å². The number of hydrogen-bond acceptors (Lipinski definition) is 6. The number of nitrogens with zero attached hydrogens (tertiary/aromatic N) is 3. The van der Waals surface area contributed by atoms with E-state index in [-0.39, 0.29) is 17.8 Å². The van der Waals surface area contributed by atoms with Crippen molar-refractivity contribution in [2.45, 2.75) is 56.7 Å². The SMILES string of the molecule is CC1CC(O)(C2=NN=C(c3ccc(C(F)(F)F)cc3O)C3C=CC=NC23)CC(C)O1. The van der Waals surface area contributed by atoms with Gasteiger partial charge in [-0.3, -0.25) is 4.99 Å². The number of fused-ring (bicyclic) bond motifs is 1. The van der Waals surface area contributed by atoms with Crippen LogP contribution in [-0.4, -0.2) is 51.7 Å². The number of aliphatic hydroxyl groups is 1. The highest BCUT2D eigenvalue weighted by Crippen LogP contribution is 2.39. The van der Waals surface area contributed by atoms with Crippen molar-refractivity contribution in [1.29, 1.82) is 0 Å². The highest BCUT2D eigenvalue weighted by Gasteiger charge is 2.48. The molecular weight excluding hydrogens is 399 g/mol. The van der Waals surface area contributed by atoms with Gasteiger partial charge in [0, 0.05) is 24.6 Å². The second-order valence-electron chi connectivity index (χ2n) is 8.05. The largest absolute Gasteiger partial charge is 0.507 e. The fraction of sp³-hybridized carbons (Fsp3) is 0.476. The number of rotatable bonds is 2. The average molecular weight is 421 g/mol. The summed E-state index contributed by atoms with van der Waals surface area (Å²) < 4.78 is 44.5. The van der Waals surface area contributed by atoms with Gasteiger partial charge >= 0.3 is 6.18 Å². The minimum absolute atomic E-state index is 0.156. The van der Waals surface area contributed by atoms with Crippen LogP contribution in [0, 0.1) is 5.92 Å². The van der Waals surface area contributed by atoms with Gasteiger partial charge in [0.1, 0.15) is 17.4 Å². The Labute approximate surface area is 171 Å². The van der Waals surface area contributed by atoms with Crippen LogP contribution in [0.15, 0.2) is 45.5 Å². The number of allylic oxidation sites excluding steroid dienone is 1. The summed E-state index contributed by atoms with van der Waals surface area (Å²) in [7, 11) is 0. The van der Waals surface area contributed by atoms with Gasteiger partial charge < -0.3 is 14.9 Å². The van der Waals surface area contributed by atoms with Gasteiger partial charge in [-0.2, -0.15) is 23.4 Å². The van der Waals surface area contributed by atoms with E-state index in [1.54, 1.807) is 18.4 Å². The summed E-state index contributed by atoms with van der Waals surface area (Å²) >= 11 is 0. The monoisotopic (exact) mass is 421 g/mol. The first-order chi connectivity index (χ1) is 14.1. The Kier molecular flexibility index (Phi) is 5.06. The molecule has 3 heterocycles. The molecule has 1 saturated heterocycles. The maximum absolute atomic E-state index is 12.9. The van der Waals surface area contributed by atoms with Crippen LogP contribution in [0.1, 0.15) is 37.8 Å². The Morgan fingerprint density at radius 1 is 1.13 bits per heavy atom. The van der Waals surface area contributed by atoms with Crippen LogP contribution in [-0.2, 0) is 10.9 Å². The number of aromatic hydroxyl groups is 1. The fourth-order valence-corrected chi connectivity index (χ4v) is 4.49. The first-order valence-electron chi connectivity index (χ1n) is 9.73. The number of phenolic OH excluding ortho intramolecular Hbond substituents is 1. The molecular formula is C21H22F3N3O3. The maximum atomic E-state index is 12.9. The van der Waals surface area contributed by atoms with Crippen molar-refractivity contribution in [3.8, 4) is 5.75 Å². The van der Waals surface area contributed by atoms with Gasteiger partial charge in [-0.05, 0) is 38.1 Å². The molecule has 2 N–H and O–H groups in total. The first kappa shape index (κ1) is 20.7. The lowest BCUT2D eigenvalue weighted by Crippen LogP contribution is -2.55. The zero-order chi connectivity index (χ0) is 21.7. The quantitative estimate of drug-likeness (QED) is 0.766. The molecule has 6 nitrogen and oxygen atoms in total. The van der Waals surface area contributed by atoms with Crippen molar-refractivity contribution in [3.05, 3.63) is 41.5 Å². The lowest BCUT2D eigenvalue weighted by atomic mass is 9.75. The van der Waals surface area contributed by atoms with Crippen LogP contribution in [0.25, 0.3) is 0 Å². The molecule has 1 fully saturated rings. The summed E-state index contributed by atoms with van der Waals surface area (Å²) in [5.74, 6) is -1.00. The molecule has 4 unspecified atom stereocenters. The molecule has 4 rings (SSSR count). The summed E-state index contributed by atoms with van der Waals surface area (Å²) in [6.07, 6.45) is 0.885. The molecule has 9 heteroatoms. The molecule has 0 aliphatic carbocycles. The van der Waals surface area contributed by atoms with Crippen molar-refractivity contribution in [3.63, 3.8) is 0 Å². The van der Waals surface area contributed by atoms with Gasteiger partial charge in [-0.15, -0.1) is 0 Å². The topological polar surface area (TPSA) is 86.8 Å². The summed E-state index contributed by atoms with van der Waals surface area (Å²) in [5.41, 5.74) is -1.33. The van der Waals surface area contributed by atoms with Crippen molar-refractivity contribution < 1.29 is 28.1 Å². The van der Waals surface area contributed by atoms with E-state index in [1.165, 1.54) is 6.07 Å². The lowest BCUT2D eigenvalue weighted by molar-refractivity contribution is -0.137. The Bertz CT molecular complexity index is 958. The summed E-state index contributed by atoms with van der Waals surface area (Å²) in [6, 6.07) is 2.20. The Hall–Kier alpha value is -2.52. The van der Waals surface area contributed by atoms with Crippen LogP contribution >= 0.6 is 0 Å². The van der Waals surface area contributed by atoms with Crippen LogP contribution in [0.2, 0.25) is 0 Å². The average Bonchev–Trinajstić information content (AvgIpc) is 2.65. The smallest absolute Gasteiger partial charge is 0.416 e. The highest BCUT2D eigenvalue weighted by molar-refractivity contribution is 6.13. The number of aliphatic imine (C=N–C) groups is 1. The van der Waals surface area contributed by atoms with Crippen LogP contribution in [0.5, 0.6) is 5.75 Å². The minimum atomic E-state index is -4.56. The Balaban J connectivity index is 1.76. The van der Waals surface area contributed by atoms with E-state index >= 15 is 0 Å². The van der Waals surface area contributed by atoms with Crippen molar-refractivity contribution in [2.24, 2.45) is 21.1 Å². The molecule has 0 spiro atoms. The van der Waals surface area contributed by atoms with Gasteiger partial charge in [0.25, 0.3) is 0 Å². The second-order valence-corrected chi connectivity index (χ2v) is 8.05. The molecule has 1 aromatic rings. The molecule has 30 heavy (non-hydrogen) atoms. The summed E-state index contributed by atoms with van der Waals surface area (Å²) in [6.45, 7) is 3.75. The number of benzene rings is 1. The molecule has 0 bridgehead atoms. The Morgan fingerprint density at radius 2 is 1.83 bits per heavy atom. The van der Waals surface area contributed by atoms with E-state index in [0.717, 1.165) is 6.07 Å². The molecule has 3 aliphatic heterocycles. The van der Waals surface area contributed by atoms with Gasteiger partial charge in [-0.25, -0.2) is 0 Å². The third kappa shape index (κ3) is 3.67. The molecule has 0 saturated carbocycles. The molecule has 160 valence electrons. The number of phenols is 1. The third-order valence-electron chi connectivity index (χ3n) is 5.65. The number of halogens is 3. The summed E-state index contributed by atoms with van der Waals surface area (Å²) in [4.78, 5) is 4.48. The van der Waals surface area contributed by atoms with E-state index in [1.807, 2.05) is 13.8 Å². The predicted molar refractivity (Wildman–Crippen MR) is 106 cm³/mol. The molecule has 1 aromatic carbocycles. The van der Waals surface area contributed by atoms with Gasteiger partial charge in [0.2, 0.25) is 0 Å². The molecule has 0 amide bonds. The summed E-state index contributed by atoms with van der Waals surface area (Å²) in [5, 5.41) is 30.1. The van der Waals surface area contributed by atoms with Gasteiger partial charge in [-0.1, -0.05) is 6.08 Å². The van der Waals surface area contributed by atoms with Gasteiger partial charge in [0.15, 0.2) is 0 Å². The number of alkyl halides is 3. The predicted octanol–water partition coefficient (Wildman–Crippen LogP) is 3.51. The number of dihydropyridines is 1. The highest BCUT2D eigenvalue weighted by atomic mass is 19.4. The van der Waals surface area contributed by atoms with Crippen molar-refractivity contribution in [2.75, 3.05) is 0 Å². The van der Waals surface area contributed by atoms with E-state index < -0.39 is 35.1 Å². The number of ether oxygens (including phenoxy) is 1. The van der Waals surface area contributed by atoms with Crippen molar-refractivity contribution >= 4 is 17.6 Å². The van der Waals surface area contributed by atoms with Gasteiger partial charge in [0.05, 0.1) is 35.1 Å².